The van der Waals surface area contributed by atoms with Crippen LogP contribution in [-0.2, 0) is 0 Å². The predicted molar refractivity (Wildman–Crippen MR) is 125 cm³/mol. The van der Waals surface area contributed by atoms with Gasteiger partial charge in [0.25, 0.3) is 5.91 Å². The molecule has 0 aliphatic heterocycles. The van der Waals surface area contributed by atoms with Gasteiger partial charge in [0, 0.05) is 30.3 Å². The smallest absolute Gasteiger partial charge is 0.253 e. The van der Waals surface area contributed by atoms with Crippen LogP contribution in [0.5, 0.6) is 0 Å². The number of hydrogen-bond acceptors (Lipinski definition) is 4. The monoisotopic (exact) mass is 469 g/mol. The lowest BCUT2D eigenvalue weighted by Crippen LogP contribution is -2.25. The number of benzene rings is 2. The van der Waals surface area contributed by atoms with Gasteiger partial charge in [0.15, 0.2) is 23.1 Å². The number of rotatable bonds is 7. The minimum atomic E-state index is -0.970. The van der Waals surface area contributed by atoms with Crippen LogP contribution in [0.1, 0.15) is 43.0 Å². The molecular weight excluding hydrogens is 448 g/mol. The van der Waals surface area contributed by atoms with E-state index < -0.39 is 11.6 Å². The van der Waals surface area contributed by atoms with Crippen LogP contribution in [0.3, 0.4) is 0 Å². The molecule has 0 radical (unpaired) electrons. The normalized spacial score (nSPS) is 13.6. The van der Waals surface area contributed by atoms with E-state index in [1.54, 1.807) is 28.8 Å². The SMILES string of the molecule is CCCCNc1nc2cc(F)c(F)cc2n2c(-c3ccc(C(=O)NC4CC4)c(Cl)c3)cnc12. The zero-order valence-corrected chi connectivity index (χ0v) is 18.7. The lowest BCUT2D eigenvalue weighted by molar-refractivity contribution is 0.0951. The van der Waals surface area contributed by atoms with Crippen molar-refractivity contribution in [1.82, 2.24) is 19.7 Å². The van der Waals surface area contributed by atoms with Crippen LogP contribution in [0, 0.1) is 11.6 Å². The molecule has 2 aromatic carbocycles. The molecule has 2 heterocycles. The van der Waals surface area contributed by atoms with E-state index in [2.05, 4.69) is 27.5 Å². The zero-order valence-electron chi connectivity index (χ0n) is 18.0. The fraction of sp³-hybridized carbons (Fsp3) is 0.292. The first kappa shape index (κ1) is 21.6. The summed E-state index contributed by atoms with van der Waals surface area (Å²) in [6.45, 7) is 2.75. The highest BCUT2D eigenvalue weighted by atomic mass is 35.5. The van der Waals surface area contributed by atoms with Crippen molar-refractivity contribution in [3.63, 3.8) is 0 Å². The van der Waals surface area contributed by atoms with Crippen molar-refractivity contribution >= 4 is 40.0 Å². The number of aromatic nitrogens is 3. The number of fused-ring (bicyclic) bond motifs is 3. The summed E-state index contributed by atoms with van der Waals surface area (Å²) >= 11 is 6.45. The lowest BCUT2D eigenvalue weighted by atomic mass is 10.1. The number of anilines is 1. The summed E-state index contributed by atoms with van der Waals surface area (Å²) in [5.41, 5.74) is 2.87. The van der Waals surface area contributed by atoms with Crippen molar-refractivity contribution < 1.29 is 13.6 Å². The number of carbonyl (C=O) groups is 1. The third kappa shape index (κ3) is 4.11. The fourth-order valence-corrected chi connectivity index (χ4v) is 4.05. The highest BCUT2D eigenvalue weighted by Crippen LogP contribution is 2.32. The number of halogens is 3. The highest BCUT2D eigenvalue weighted by molar-refractivity contribution is 6.34. The summed E-state index contributed by atoms with van der Waals surface area (Å²) in [6.07, 6.45) is 5.53. The van der Waals surface area contributed by atoms with Crippen LogP contribution < -0.4 is 10.6 Å². The lowest BCUT2D eigenvalue weighted by Gasteiger charge is -2.12. The number of nitrogens with one attached hydrogen (secondary N) is 2. The van der Waals surface area contributed by atoms with Crippen molar-refractivity contribution in [3.05, 3.63) is 58.7 Å². The molecule has 9 heteroatoms. The van der Waals surface area contributed by atoms with Crippen molar-refractivity contribution in [3.8, 4) is 11.3 Å². The van der Waals surface area contributed by atoms with Gasteiger partial charge in [-0.15, -0.1) is 0 Å². The molecule has 1 aliphatic rings. The second-order valence-electron chi connectivity index (χ2n) is 8.24. The van der Waals surface area contributed by atoms with E-state index in [4.69, 9.17) is 11.6 Å². The van der Waals surface area contributed by atoms with Gasteiger partial charge in [0.05, 0.1) is 33.5 Å². The summed E-state index contributed by atoms with van der Waals surface area (Å²) in [4.78, 5) is 21.4. The Morgan fingerprint density at radius 1 is 1.21 bits per heavy atom. The van der Waals surface area contributed by atoms with Crippen LogP contribution in [0.4, 0.5) is 14.6 Å². The summed E-state index contributed by atoms with van der Waals surface area (Å²) in [6, 6.07) is 7.54. The van der Waals surface area contributed by atoms with E-state index in [9.17, 15) is 13.6 Å². The van der Waals surface area contributed by atoms with E-state index in [1.165, 1.54) is 0 Å². The van der Waals surface area contributed by atoms with Gasteiger partial charge in [-0.05, 0) is 31.4 Å². The maximum Gasteiger partial charge on any atom is 0.253 e. The number of hydrogen-bond donors (Lipinski definition) is 2. The third-order valence-electron chi connectivity index (χ3n) is 5.71. The maximum atomic E-state index is 14.2. The number of imidazole rings is 1. The van der Waals surface area contributed by atoms with Crippen LogP contribution >= 0.6 is 11.6 Å². The number of unbranched alkanes of at least 4 members (excludes halogenated alkanes) is 1. The zero-order chi connectivity index (χ0) is 23.1. The Kier molecular flexibility index (Phi) is 5.62. The molecule has 33 heavy (non-hydrogen) atoms. The van der Waals surface area contributed by atoms with Crippen LogP contribution in [0.25, 0.3) is 27.9 Å². The molecule has 2 aromatic heterocycles. The maximum absolute atomic E-state index is 14.2. The van der Waals surface area contributed by atoms with Crippen molar-refractivity contribution in [2.75, 3.05) is 11.9 Å². The van der Waals surface area contributed by atoms with Crippen molar-refractivity contribution in [2.24, 2.45) is 0 Å². The first-order chi connectivity index (χ1) is 16.0. The molecule has 5 rings (SSSR count). The standard InChI is InChI=1S/C24H22ClF2N5O/c1-2-3-8-28-22-23-29-12-21(32(23)20-11-18(27)17(26)10-19(20)31-22)13-4-7-15(16(25)9-13)24(33)30-14-5-6-14/h4,7,9-12,14H,2-3,5-6,8H2,1H3,(H,28,31)(H,30,33). The quantitative estimate of drug-likeness (QED) is 0.346. The van der Waals surface area contributed by atoms with Gasteiger partial charge < -0.3 is 10.6 Å². The Bertz CT molecular complexity index is 1380. The summed E-state index contributed by atoms with van der Waals surface area (Å²) < 4.78 is 29.9. The highest BCUT2D eigenvalue weighted by Gasteiger charge is 2.25. The summed E-state index contributed by atoms with van der Waals surface area (Å²) in [5, 5.41) is 6.48. The molecule has 4 aromatic rings. The Morgan fingerprint density at radius 3 is 2.73 bits per heavy atom. The van der Waals surface area contributed by atoms with Crippen LogP contribution in [0.15, 0.2) is 36.5 Å². The number of nitrogens with zero attached hydrogens (tertiary/aromatic N) is 3. The molecule has 1 aliphatic carbocycles. The molecule has 0 atom stereocenters. The van der Waals surface area contributed by atoms with Gasteiger partial charge in [0.2, 0.25) is 0 Å². The summed E-state index contributed by atoms with van der Waals surface area (Å²) in [5.74, 6) is -1.66. The predicted octanol–water partition coefficient (Wildman–Crippen LogP) is 5.59. The van der Waals surface area contributed by atoms with Crippen LogP contribution in [-0.4, -0.2) is 32.9 Å². The van der Waals surface area contributed by atoms with Crippen molar-refractivity contribution in [2.45, 2.75) is 38.6 Å². The van der Waals surface area contributed by atoms with Gasteiger partial charge in [-0.25, -0.2) is 18.7 Å². The van der Waals surface area contributed by atoms with E-state index in [1.807, 2.05) is 0 Å². The number of carbonyl (C=O) groups excluding carboxylic acids is 1. The van der Waals surface area contributed by atoms with Gasteiger partial charge in [-0.1, -0.05) is 31.0 Å². The second-order valence-corrected chi connectivity index (χ2v) is 8.65. The Labute approximate surface area is 194 Å². The molecule has 0 bridgehead atoms. The van der Waals surface area contributed by atoms with E-state index in [0.717, 1.165) is 37.8 Å². The average Bonchev–Trinajstić information content (AvgIpc) is 3.49. The molecule has 1 saturated carbocycles. The molecule has 0 unspecified atom stereocenters. The minimum Gasteiger partial charge on any atom is -0.367 e. The second kappa shape index (κ2) is 8.59. The van der Waals surface area contributed by atoms with E-state index in [0.29, 0.717) is 50.9 Å². The van der Waals surface area contributed by atoms with Gasteiger partial charge in [-0.2, -0.15) is 0 Å². The van der Waals surface area contributed by atoms with Crippen LogP contribution in [0.2, 0.25) is 5.02 Å². The van der Waals surface area contributed by atoms with Crippen molar-refractivity contribution in [1.29, 1.82) is 0 Å². The Morgan fingerprint density at radius 2 is 2.00 bits per heavy atom. The average molecular weight is 470 g/mol. The third-order valence-corrected chi connectivity index (χ3v) is 6.02. The first-order valence-corrected chi connectivity index (χ1v) is 11.3. The topological polar surface area (TPSA) is 71.3 Å². The number of amides is 1. The fourth-order valence-electron chi connectivity index (χ4n) is 3.78. The Hall–Kier alpha value is -3.26. The molecule has 0 spiro atoms. The minimum absolute atomic E-state index is 0.207. The van der Waals surface area contributed by atoms with Gasteiger partial charge in [-0.3, -0.25) is 9.20 Å². The van der Waals surface area contributed by atoms with Gasteiger partial charge >= 0.3 is 0 Å². The molecule has 1 fully saturated rings. The van der Waals surface area contributed by atoms with E-state index in [-0.39, 0.29) is 11.9 Å². The molecule has 2 N–H and O–H groups in total. The van der Waals surface area contributed by atoms with Gasteiger partial charge in [0.1, 0.15) is 0 Å². The molecule has 6 nitrogen and oxygen atoms in total. The Balaban J connectivity index is 1.64. The molecule has 1 amide bonds. The first-order valence-electron chi connectivity index (χ1n) is 11.0. The molecular formula is C24H22ClF2N5O. The molecule has 170 valence electrons. The summed E-state index contributed by atoms with van der Waals surface area (Å²) in [7, 11) is 0. The largest absolute Gasteiger partial charge is 0.367 e. The van der Waals surface area contributed by atoms with E-state index >= 15 is 0 Å². The molecule has 0 saturated heterocycles.